The molecular weight excluding hydrogens is 270 g/mol. The highest BCUT2D eigenvalue weighted by Crippen LogP contribution is 2.25. The molecule has 0 amide bonds. The molecular formula is C19H21N3. The van der Waals surface area contributed by atoms with Crippen LogP contribution in [0.2, 0.25) is 0 Å². The molecule has 3 heteroatoms. The van der Waals surface area contributed by atoms with Crippen LogP contribution in [0, 0.1) is 6.92 Å². The molecule has 0 saturated carbocycles. The van der Waals surface area contributed by atoms with Gasteiger partial charge >= 0.3 is 0 Å². The Hall–Kier alpha value is -2.39. The standard InChI is InChI=1S/C19H21N3/c1-3-15-5-4-6-16-12-17(19(22-20)21-18(15)16)11-14-9-7-13(2)8-10-14/h4-10,12H,3,11,20H2,1-2H3,(H,21,22). The number of aryl methyl sites for hydroxylation is 2. The average Bonchev–Trinajstić information content (AvgIpc) is 2.55. The number of nitrogens with one attached hydrogen (secondary N) is 1. The van der Waals surface area contributed by atoms with Crippen LogP contribution in [0.1, 0.15) is 29.2 Å². The number of fused-ring (bicyclic) bond motifs is 1. The maximum absolute atomic E-state index is 5.70. The number of hydrogen-bond acceptors (Lipinski definition) is 3. The van der Waals surface area contributed by atoms with Gasteiger partial charge in [-0.1, -0.05) is 55.0 Å². The average molecular weight is 291 g/mol. The second kappa shape index (κ2) is 6.16. The number of anilines is 1. The van der Waals surface area contributed by atoms with Gasteiger partial charge in [-0.2, -0.15) is 0 Å². The van der Waals surface area contributed by atoms with Gasteiger partial charge in [-0.3, -0.25) is 0 Å². The van der Waals surface area contributed by atoms with Crippen LogP contribution in [0.25, 0.3) is 10.9 Å². The van der Waals surface area contributed by atoms with Crippen molar-refractivity contribution in [3.8, 4) is 0 Å². The molecule has 0 atom stereocenters. The van der Waals surface area contributed by atoms with Crippen molar-refractivity contribution in [2.24, 2.45) is 5.84 Å². The lowest BCUT2D eigenvalue weighted by atomic mass is 10.0. The molecule has 3 aromatic rings. The van der Waals surface area contributed by atoms with E-state index in [1.54, 1.807) is 0 Å². The number of hydrazine groups is 1. The summed E-state index contributed by atoms with van der Waals surface area (Å²) in [5.41, 5.74) is 8.68. The number of hydrogen-bond donors (Lipinski definition) is 2. The summed E-state index contributed by atoms with van der Waals surface area (Å²) in [5.74, 6) is 6.46. The van der Waals surface area contributed by atoms with E-state index >= 15 is 0 Å². The minimum atomic E-state index is 0.758. The van der Waals surface area contributed by atoms with Crippen molar-refractivity contribution in [3.05, 3.63) is 70.8 Å². The minimum Gasteiger partial charge on any atom is -0.308 e. The van der Waals surface area contributed by atoms with Crippen molar-refractivity contribution in [3.63, 3.8) is 0 Å². The van der Waals surface area contributed by atoms with Crippen LogP contribution in [-0.2, 0) is 12.8 Å². The first-order valence-corrected chi connectivity index (χ1v) is 7.65. The van der Waals surface area contributed by atoms with Crippen LogP contribution in [0.4, 0.5) is 5.82 Å². The zero-order valence-corrected chi connectivity index (χ0v) is 13.1. The number of benzene rings is 2. The minimum absolute atomic E-state index is 0.758. The smallest absolute Gasteiger partial charge is 0.144 e. The van der Waals surface area contributed by atoms with Crippen molar-refractivity contribution in [2.75, 3.05) is 5.43 Å². The van der Waals surface area contributed by atoms with Crippen molar-refractivity contribution >= 4 is 16.7 Å². The number of nitrogen functional groups attached to an aromatic ring is 1. The molecule has 0 bridgehead atoms. The Labute approximate surface area is 131 Å². The van der Waals surface area contributed by atoms with Gasteiger partial charge in [-0.25, -0.2) is 10.8 Å². The summed E-state index contributed by atoms with van der Waals surface area (Å²) in [6.07, 6.45) is 1.78. The van der Waals surface area contributed by atoms with E-state index in [0.29, 0.717) is 0 Å². The van der Waals surface area contributed by atoms with Gasteiger partial charge in [0.25, 0.3) is 0 Å². The first kappa shape index (κ1) is 14.5. The van der Waals surface area contributed by atoms with Crippen molar-refractivity contribution in [1.82, 2.24) is 4.98 Å². The normalized spacial score (nSPS) is 10.9. The number of para-hydroxylation sites is 1. The van der Waals surface area contributed by atoms with Gasteiger partial charge in [0.15, 0.2) is 0 Å². The fourth-order valence-corrected chi connectivity index (χ4v) is 2.77. The highest BCUT2D eigenvalue weighted by atomic mass is 15.2. The maximum Gasteiger partial charge on any atom is 0.144 e. The van der Waals surface area contributed by atoms with E-state index in [0.717, 1.165) is 29.7 Å². The predicted molar refractivity (Wildman–Crippen MR) is 92.9 cm³/mol. The van der Waals surface area contributed by atoms with Crippen LogP contribution in [0.5, 0.6) is 0 Å². The summed E-state index contributed by atoms with van der Waals surface area (Å²) in [6, 6.07) is 17.1. The molecule has 3 N–H and O–H groups in total. The molecule has 1 heterocycles. The Kier molecular flexibility index (Phi) is 4.07. The van der Waals surface area contributed by atoms with E-state index in [9.17, 15) is 0 Å². The molecule has 22 heavy (non-hydrogen) atoms. The van der Waals surface area contributed by atoms with E-state index in [-0.39, 0.29) is 0 Å². The first-order chi connectivity index (χ1) is 10.7. The Morgan fingerprint density at radius 3 is 2.50 bits per heavy atom. The monoisotopic (exact) mass is 291 g/mol. The first-order valence-electron chi connectivity index (χ1n) is 7.65. The lowest BCUT2D eigenvalue weighted by Gasteiger charge is -2.12. The van der Waals surface area contributed by atoms with Gasteiger partial charge in [-0.15, -0.1) is 0 Å². The van der Waals surface area contributed by atoms with Crippen molar-refractivity contribution in [2.45, 2.75) is 26.7 Å². The molecule has 3 rings (SSSR count). The van der Waals surface area contributed by atoms with Crippen LogP contribution in [0.3, 0.4) is 0 Å². The molecule has 112 valence electrons. The summed E-state index contributed by atoms with van der Waals surface area (Å²) >= 11 is 0. The lowest BCUT2D eigenvalue weighted by molar-refractivity contribution is 1.11. The molecule has 0 fully saturated rings. The fraction of sp³-hybridized carbons (Fsp3) is 0.211. The summed E-state index contributed by atoms with van der Waals surface area (Å²) in [6.45, 7) is 4.24. The third-order valence-corrected chi connectivity index (χ3v) is 4.04. The number of rotatable bonds is 4. The molecule has 1 aromatic heterocycles. The highest BCUT2D eigenvalue weighted by Gasteiger charge is 2.09. The number of nitrogens with zero attached hydrogens (tertiary/aromatic N) is 1. The van der Waals surface area contributed by atoms with E-state index in [1.165, 1.54) is 22.1 Å². The number of nitrogens with two attached hydrogens (primary N) is 1. The van der Waals surface area contributed by atoms with Crippen molar-refractivity contribution < 1.29 is 0 Å². The molecule has 0 spiro atoms. The zero-order chi connectivity index (χ0) is 15.5. The largest absolute Gasteiger partial charge is 0.308 e. The highest BCUT2D eigenvalue weighted by molar-refractivity contribution is 5.84. The fourth-order valence-electron chi connectivity index (χ4n) is 2.77. The summed E-state index contributed by atoms with van der Waals surface area (Å²) < 4.78 is 0. The summed E-state index contributed by atoms with van der Waals surface area (Å²) in [4.78, 5) is 4.74. The van der Waals surface area contributed by atoms with Gasteiger partial charge < -0.3 is 5.43 Å². The van der Waals surface area contributed by atoms with Gasteiger partial charge in [-0.05, 0) is 30.5 Å². The topological polar surface area (TPSA) is 50.9 Å². The molecule has 0 aliphatic rings. The SMILES string of the molecule is CCc1cccc2cc(Cc3ccc(C)cc3)c(NN)nc12. The quantitative estimate of drug-likeness (QED) is 0.564. The molecule has 0 aliphatic heterocycles. The van der Waals surface area contributed by atoms with Gasteiger partial charge in [0, 0.05) is 17.4 Å². The van der Waals surface area contributed by atoms with E-state index in [1.807, 2.05) is 0 Å². The lowest BCUT2D eigenvalue weighted by Crippen LogP contribution is -2.12. The number of aromatic nitrogens is 1. The van der Waals surface area contributed by atoms with Gasteiger partial charge in [0.1, 0.15) is 5.82 Å². The van der Waals surface area contributed by atoms with Gasteiger partial charge in [0.05, 0.1) is 5.52 Å². The molecule has 3 nitrogen and oxygen atoms in total. The summed E-state index contributed by atoms with van der Waals surface area (Å²) in [7, 11) is 0. The molecule has 0 radical (unpaired) electrons. The Bertz CT molecular complexity index is 792. The van der Waals surface area contributed by atoms with Crippen LogP contribution in [-0.4, -0.2) is 4.98 Å². The molecule has 0 aliphatic carbocycles. The van der Waals surface area contributed by atoms with Crippen LogP contribution < -0.4 is 11.3 Å². The molecule has 2 aromatic carbocycles. The third-order valence-electron chi connectivity index (χ3n) is 4.04. The van der Waals surface area contributed by atoms with E-state index in [2.05, 4.69) is 67.8 Å². The third kappa shape index (κ3) is 2.81. The Morgan fingerprint density at radius 1 is 1.05 bits per heavy atom. The second-order valence-electron chi connectivity index (χ2n) is 5.65. The van der Waals surface area contributed by atoms with E-state index < -0.39 is 0 Å². The van der Waals surface area contributed by atoms with Gasteiger partial charge in [0.2, 0.25) is 0 Å². The number of pyridine rings is 1. The zero-order valence-electron chi connectivity index (χ0n) is 13.1. The second-order valence-corrected chi connectivity index (χ2v) is 5.65. The summed E-state index contributed by atoms with van der Waals surface area (Å²) in [5, 5.41) is 1.17. The predicted octanol–water partition coefficient (Wildman–Crippen LogP) is 3.98. The van der Waals surface area contributed by atoms with Crippen LogP contribution in [0.15, 0.2) is 48.5 Å². The Morgan fingerprint density at radius 2 is 1.82 bits per heavy atom. The Balaban J connectivity index is 2.06. The molecule has 0 unspecified atom stereocenters. The molecule has 0 saturated heterocycles. The van der Waals surface area contributed by atoms with Crippen molar-refractivity contribution in [1.29, 1.82) is 0 Å². The van der Waals surface area contributed by atoms with E-state index in [4.69, 9.17) is 10.8 Å². The van der Waals surface area contributed by atoms with Crippen LogP contribution >= 0.6 is 0 Å². The maximum atomic E-state index is 5.70.